The van der Waals surface area contributed by atoms with Crippen LogP contribution in [0.4, 0.5) is 5.82 Å². The molecule has 3 aromatic rings. The first-order valence-corrected chi connectivity index (χ1v) is 9.25. The van der Waals surface area contributed by atoms with E-state index >= 15 is 0 Å². The number of hydrogen-bond donors (Lipinski definition) is 2. The summed E-state index contributed by atoms with van der Waals surface area (Å²) < 4.78 is 1.87. The van der Waals surface area contributed by atoms with Crippen LogP contribution < -0.4 is 10.6 Å². The molecule has 0 atom stereocenters. The van der Waals surface area contributed by atoms with Gasteiger partial charge in [-0.05, 0) is 42.4 Å². The van der Waals surface area contributed by atoms with Gasteiger partial charge in [0.15, 0.2) is 10.9 Å². The van der Waals surface area contributed by atoms with Crippen LogP contribution in [-0.4, -0.2) is 14.9 Å². The Hall–Kier alpha value is -2.08. The second-order valence-corrected chi connectivity index (χ2v) is 7.11. The van der Waals surface area contributed by atoms with E-state index in [1.54, 1.807) is 6.07 Å². The number of anilines is 1. The van der Waals surface area contributed by atoms with E-state index in [1.165, 1.54) is 0 Å². The lowest BCUT2D eigenvalue weighted by molar-refractivity contribution is 0.668. The molecule has 134 valence electrons. The summed E-state index contributed by atoms with van der Waals surface area (Å²) in [4.78, 5) is 0. The predicted octanol–water partition coefficient (Wildman–Crippen LogP) is 5.03. The van der Waals surface area contributed by atoms with Crippen molar-refractivity contribution in [3.8, 4) is 0 Å². The zero-order valence-corrected chi connectivity index (χ0v) is 16.5. The summed E-state index contributed by atoms with van der Waals surface area (Å²) in [5.41, 5.74) is 3.12. The van der Waals surface area contributed by atoms with Crippen molar-refractivity contribution in [2.45, 2.75) is 20.0 Å². The molecule has 2 aromatic carbocycles. The van der Waals surface area contributed by atoms with Crippen LogP contribution in [0.1, 0.15) is 16.8 Å². The van der Waals surface area contributed by atoms with Crippen LogP contribution in [0.5, 0.6) is 0 Å². The van der Waals surface area contributed by atoms with Gasteiger partial charge in [0.1, 0.15) is 0 Å². The zero-order chi connectivity index (χ0) is 18.5. The van der Waals surface area contributed by atoms with E-state index in [0.717, 1.165) is 16.8 Å². The largest absolute Gasteiger partial charge is 0.358 e. The van der Waals surface area contributed by atoms with Gasteiger partial charge in [-0.1, -0.05) is 59.6 Å². The van der Waals surface area contributed by atoms with Gasteiger partial charge < -0.3 is 10.6 Å². The van der Waals surface area contributed by atoms with Gasteiger partial charge in [0.2, 0.25) is 0 Å². The van der Waals surface area contributed by atoms with Crippen molar-refractivity contribution in [1.29, 1.82) is 0 Å². The number of halogens is 2. The van der Waals surface area contributed by atoms with Gasteiger partial charge in [0.05, 0.1) is 6.54 Å². The number of nitrogens with zero attached hydrogens (tertiary/aromatic N) is 2. The molecule has 0 aliphatic carbocycles. The van der Waals surface area contributed by atoms with Crippen molar-refractivity contribution in [2.24, 2.45) is 0 Å². The highest BCUT2D eigenvalue weighted by atomic mass is 35.5. The first-order chi connectivity index (χ1) is 12.5. The second-order valence-electron chi connectivity index (χ2n) is 5.86. The average Bonchev–Trinajstić information content (AvgIpc) is 2.95. The van der Waals surface area contributed by atoms with Gasteiger partial charge >= 0.3 is 0 Å². The van der Waals surface area contributed by atoms with Crippen molar-refractivity contribution in [1.82, 2.24) is 15.1 Å². The summed E-state index contributed by atoms with van der Waals surface area (Å²) in [6, 6.07) is 17.5. The summed E-state index contributed by atoms with van der Waals surface area (Å²) >= 11 is 17.5. The molecule has 7 heteroatoms. The van der Waals surface area contributed by atoms with Gasteiger partial charge in [-0.2, -0.15) is 5.10 Å². The molecule has 0 bridgehead atoms. The van der Waals surface area contributed by atoms with E-state index in [4.69, 9.17) is 35.4 Å². The molecule has 0 aliphatic rings. The first-order valence-electron chi connectivity index (χ1n) is 8.08. The molecule has 0 amide bonds. The number of aryl methyl sites for hydroxylation is 1. The van der Waals surface area contributed by atoms with Gasteiger partial charge in [-0.3, -0.25) is 4.68 Å². The number of aromatic nitrogens is 2. The number of nitrogens with one attached hydrogen (secondary N) is 2. The second kappa shape index (κ2) is 8.54. The molecule has 0 saturated heterocycles. The van der Waals surface area contributed by atoms with Crippen LogP contribution in [0.25, 0.3) is 0 Å². The van der Waals surface area contributed by atoms with E-state index in [-0.39, 0.29) is 0 Å². The molecule has 26 heavy (non-hydrogen) atoms. The van der Waals surface area contributed by atoms with Gasteiger partial charge in [-0.15, -0.1) is 0 Å². The fourth-order valence-corrected chi connectivity index (χ4v) is 3.13. The quantitative estimate of drug-likeness (QED) is 0.584. The minimum Gasteiger partial charge on any atom is -0.358 e. The topological polar surface area (TPSA) is 41.9 Å². The van der Waals surface area contributed by atoms with Crippen LogP contribution in [0, 0.1) is 6.92 Å². The summed E-state index contributed by atoms with van der Waals surface area (Å²) in [7, 11) is 0. The van der Waals surface area contributed by atoms with Crippen molar-refractivity contribution < 1.29 is 0 Å². The molecule has 2 N–H and O–H groups in total. The Bertz CT molecular complexity index is 909. The Kier molecular flexibility index (Phi) is 6.14. The standard InChI is InChI=1S/C19H18Cl2N4S/c1-13-9-18(23-19(26)22-11-14-5-3-2-4-6-14)24-25(13)12-15-7-8-16(20)10-17(15)21/h2-10H,11-12H2,1H3,(H2,22,23,24,26). The van der Waals surface area contributed by atoms with Gasteiger partial charge in [0, 0.05) is 28.4 Å². The summed E-state index contributed by atoms with van der Waals surface area (Å²) in [6.07, 6.45) is 0. The fraction of sp³-hybridized carbons (Fsp3) is 0.158. The third-order valence-corrected chi connectivity index (χ3v) is 4.69. The van der Waals surface area contributed by atoms with Crippen LogP contribution in [-0.2, 0) is 13.1 Å². The summed E-state index contributed by atoms with van der Waals surface area (Å²) in [5, 5.41) is 12.6. The molecule has 0 radical (unpaired) electrons. The van der Waals surface area contributed by atoms with Crippen molar-refractivity contribution >= 4 is 46.4 Å². The Morgan fingerprint density at radius 3 is 2.62 bits per heavy atom. The van der Waals surface area contributed by atoms with Crippen LogP contribution in [0.3, 0.4) is 0 Å². The Morgan fingerprint density at radius 2 is 1.88 bits per heavy atom. The van der Waals surface area contributed by atoms with Crippen molar-refractivity contribution in [2.75, 3.05) is 5.32 Å². The fourth-order valence-electron chi connectivity index (χ4n) is 2.48. The molecule has 0 unspecified atom stereocenters. The Morgan fingerprint density at radius 1 is 1.12 bits per heavy atom. The normalized spacial score (nSPS) is 10.6. The van der Waals surface area contributed by atoms with E-state index in [0.29, 0.717) is 34.1 Å². The number of benzene rings is 2. The highest BCUT2D eigenvalue weighted by Crippen LogP contribution is 2.22. The average molecular weight is 405 g/mol. The molecule has 0 saturated carbocycles. The van der Waals surface area contributed by atoms with E-state index in [2.05, 4.69) is 15.7 Å². The first kappa shape index (κ1) is 18.7. The third kappa shape index (κ3) is 4.97. The van der Waals surface area contributed by atoms with Crippen LogP contribution in [0.15, 0.2) is 54.6 Å². The van der Waals surface area contributed by atoms with Crippen LogP contribution in [0.2, 0.25) is 10.0 Å². The minimum atomic E-state index is 0.531. The van der Waals surface area contributed by atoms with Crippen molar-refractivity contribution in [3.63, 3.8) is 0 Å². The van der Waals surface area contributed by atoms with Crippen molar-refractivity contribution in [3.05, 3.63) is 81.5 Å². The number of hydrogen-bond acceptors (Lipinski definition) is 2. The Labute approximate surface area is 168 Å². The van der Waals surface area contributed by atoms with E-state index in [9.17, 15) is 0 Å². The lowest BCUT2D eigenvalue weighted by Crippen LogP contribution is -2.28. The lowest BCUT2D eigenvalue weighted by atomic mass is 10.2. The SMILES string of the molecule is Cc1cc(NC(=S)NCc2ccccc2)nn1Cc1ccc(Cl)cc1Cl. The summed E-state index contributed by atoms with van der Waals surface area (Å²) in [6.45, 7) is 3.21. The lowest BCUT2D eigenvalue weighted by Gasteiger charge is -2.09. The van der Waals surface area contributed by atoms with E-state index < -0.39 is 0 Å². The monoisotopic (exact) mass is 404 g/mol. The molecule has 4 nitrogen and oxygen atoms in total. The number of thiocarbonyl (C=S) groups is 1. The summed E-state index contributed by atoms with van der Waals surface area (Å²) in [5.74, 6) is 0.693. The molecular weight excluding hydrogens is 387 g/mol. The molecule has 1 aromatic heterocycles. The third-order valence-electron chi connectivity index (χ3n) is 3.85. The molecule has 0 fully saturated rings. The molecule has 1 heterocycles. The van der Waals surface area contributed by atoms with Gasteiger partial charge in [0.25, 0.3) is 0 Å². The smallest absolute Gasteiger partial charge is 0.172 e. The molecule has 3 rings (SSSR count). The maximum atomic E-state index is 6.25. The Balaban J connectivity index is 1.61. The maximum Gasteiger partial charge on any atom is 0.172 e. The highest BCUT2D eigenvalue weighted by molar-refractivity contribution is 7.80. The predicted molar refractivity (Wildman–Crippen MR) is 112 cm³/mol. The molecular formula is C19H18Cl2N4S. The molecule has 0 aliphatic heterocycles. The molecule has 0 spiro atoms. The van der Waals surface area contributed by atoms with Gasteiger partial charge in [-0.25, -0.2) is 0 Å². The highest BCUT2D eigenvalue weighted by Gasteiger charge is 2.09. The zero-order valence-electron chi connectivity index (χ0n) is 14.2. The number of rotatable bonds is 5. The maximum absolute atomic E-state index is 6.25. The van der Waals surface area contributed by atoms with E-state index in [1.807, 2.05) is 60.1 Å². The van der Waals surface area contributed by atoms with Crippen LogP contribution >= 0.6 is 35.4 Å². The minimum absolute atomic E-state index is 0.531.